The number of rotatable bonds is 8. The van der Waals surface area contributed by atoms with Crippen LogP contribution < -0.4 is 17.2 Å². The monoisotopic (exact) mass is 555 g/mol. The van der Waals surface area contributed by atoms with E-state index >= 15 is 0 Å². The molecule has 0 saturated carbocycles. The van der Waals surface area contributed by atoms with Gasteiger partial charge in [-0.1, -0.05) is 12.2 Å². The second-order valence-electron chi connectivity index (χ2n) is 10.0. The summed E-state index contributed by atoms with van der Waals surface area (Å²) < 4.78 is 28.2. The molecule has 16 heteroatoms. The fourth-order valence-corrected chi connectivity index (χ4v) is 4.98. The van der Waals surface area contributed by atoms with Crippen molar-refractivity contribution in [1.82, 2.24) is 0 Å². The van der Waals surface area contributed by atoms with Gasteiger partial charge in [-0.3, -0.25) is 0 Å². The van der Waals surface area contributed by atoms with Crippen molar-refractivity contribution in [3.8, 4) is 0 Å². The van der Waals surface area contributed by atoms with Gasteiger partial charge >= 0.3 is 0 Å². The quantitative estimate of drug-likeness (QED) is 0.124. The SMILES string of the molecule is C/C=C/[C@]1(CO)O[C@H](OC2[C@@H](CO)O[C@@H](OC3[C@@H](CO)O[C@@H](O)[C@H](N)[C@H]3O)[C@H](N)[C@H]2O)[C@H](N)[C@@H](O)[C@]1(C)O. The van der Waals surface area contributed by atoms with Crippen LogP contribution in [0, 0.1) is 0 Å². The molecule has 14 N–H and O–H groups in total. The summed E-state index contributed by atoms with van der Waals surface area (Å²) in [6, 6.07) is -4.00. The molecule has 3 aliphatic heterocycles. The summed E-state index contributed by atoms with van der Waals surface area (Å²) >= 11 is 0. The van der Waals surface area contributed by atoms with E-state index in [1.807, 2.05) is 0 Å². The third-order valence-electron chi connectivity index (χ3n) is 7.51. The smallest absolute Gasteiger partial charge is 0.177 e. The molecule has 0 aromatic rings. The van der Waals surface area contributed by atoms with Crippen LogP contribution in [0.2, 0.25) is 0 Å². The van der Waals surface area contributed by atoms with Crippen molar-refractivity contribution in [1.29, 1.82) is 0 Å². The molecule has 3 fully saturated rings. The number of hydrogen-bond acceptors (Lipinski definition) is 16. The van der Waals surface area contributed by atoms with E-state index in [0.29, 0.717) is 0 Å². The summed E-state index contributed by atoms with van der Waals surface area (Å²) in [7, 11) is 0. The average molecular weight is 556 g/mol. The normalized spacial score (nSPS) is 52.4. The number of nitrogens with two attached hydrogens (primary N) is 3. The van der Waals surface area contributed by atoms with Crippen LogP contribution in [-0.4, -0.2) is 152 Å². The Balaban J connectivity index is 1.80. The molecule has 3 saturated heterocycles. The number of hydrogen-bond donors (Lipinski definition) is 11. The number of ether oxygens (including phenoxy) is 5. The van der Waals surface area contributed by atoms with Gasteiger partial charge in [0.25, 0.3) is 0 Å². The van der Waals surface area contributed by atoms with E-state index in [4.69, 9.17) is 40.9 Å². The standard InChI is InChI=1S/C22H41N3O13/c1-3-4-22(7-28)21(2,33)17(31)12(25)20(38-22)37-16-9(6-27)35-19(11(24)14(16)30)36-15-8(5-26)34-18(32)10(23)13(15)29/h3-4,8-20,26-33H,5-7,23-25H2,1-2H3/b4-3+/t8-,9-,10-,11-,12-,13-,14-,15?,16?,17-,18-,19+,20+,21+,22-/m1/s1. The van der Waals surface area contributed by atoms with Crippen LogP contribution in [0.1, 0.15) is 13.8 Å². The zero-order valence-electron chi connectivity index (χ0n) is 21.1. The van der Waals surface area contributed by atoms with Gasteiger partial charge in [0.15, 0.2) is 18.9 Å². The Morgan fingerprint density at radius 3 is 1.87 bits per heavy atom. The lowest BCUT2D eigenvalue weighted by atomic mass is 9.75. The highest BCUT2D eigenvalue weighted by Crippen LogP contribution is 2.40. The molecule has 3 rings (SSSR count). The first-order valence-electron chi connectivity index (χ1n) is 12.3. The van der Waals surface area contributed by atoms with Crippen molar-refractivity contribution in [2.45, 2.75) is 105 Å². The van der Waals surface area contributed by atoms with Crippen LogP contribution >= 0.6 is 0 Å². The second-order valence-corrected chi connectivity index (χ2v) is 10.0. The molecule has 0 amide bonds. The predicted molar refractivity (Wildman–Crippen MR) is 126 cm³/mol. The lowest BCUT2D eigenvalue weighted by Crippen LogP contribution is -2.75. The molecule has 38 heavy (non-hydrogen) atoms. The zero-order valence-corrected chi connectivity index (χ0v) is 21.1. The van der Waals surface area contributed by atoms with E-state index in [1.54, 1.807) is 6.92 Å². The van der Waals surface area contributed by atoms with Gasteiger partial charge < -0.3 is 81.7 Å². The molecule has 0 aromatic carbocycles. The molecule has 15 atom stereocenters. The fourth-order valence-electron chi connectivity index (χ4n) is 4.98. The van der Waals surface area contributed by atoms with Crippen molar-refractivity contribution < 1.29 is 64.5 Å². The fraction of sp³-hybridized carbons (Fsp3) is 0.909. The van der Waals surface area contributed by atoms with Crippen molar-refractivity contribution in [2.24, 2.45) is 17.2 Å². The highest BCUT2D eigenvalue weighted by Gasteiger charge is 2.61. The molecule has 0 radical (unpaired) electrons. The molecule has 0 bridgehead atoms. The highest BCUT2D eigenvalue weighted by molar-refractivity contribution is 5.19. The first kappa shape index (κ1) is 31.6. The van der Waals surface area contributed by atoms with Crippen molar-refractivity contribution in [2.75, 3.05) is 19.8 Å². The van der Waals surface area contributed by atoms with Crippen LogP contribution in [0.3, 0.4) is 0 Å². The van der Waals surface area contributed by atoms with E-state index < -0.39 is 111 Å². The average Bonchev–Trinajstić information content (AvgIpc) is 2.89. The summed E-state index contributed by atoms with van der Waals surface area (Å²) in [5.41, 5.74) is 14.1. The Morgan fingerprint density at radius 2 is 1.34 bits per heavy atom. The van der Waals surface area contributed by atoms with Gasteiger partial charge in [0.2, 0.25) is 0 Å². The summed E-state index contributed by atoms with van der Waals surface area (Å²) in [6.07, 6.45) is -11.7. The zero-order chi connectivity index (χ0) is 28.6. The topological polar surface area (TPSA) is 286 Å². The first-order chi connectivity index (χ1) is 17.8. The van der Waals surface area contributed by atoms with E-state index in [0.717, 1.165) is 0 Å². The Bertz CT molecular complexity index is 804. The maximum absolute atomic E-state index is 11.0. The van der Waals surface area contributed by atoms with Crippen molar-refractivity contribution in [3.05, 3.63) is 12.2 Å². The minimum Gasteiger partial charge on any atom is -0.394 e. The van der Waals surface area contributed by atoms with Crippen LogP contribution in [0.15, 0.2) is 12.2 Å². The molecule has 16 nitrogen and oxygen atoms in total. The van der Waals surface area contributed by atoms with Gasteiger partial charge in [-0.05, 0) is 13.8 Å². The summed E-state index contributed by atoms with van der Waals surface area (Å²) in [4.78, 5) is 0. The molecular weight excluding hydrogens is 514 g/mol. The van der Waals surface area contributed by atoms with Crippen molar-refractivity contribution >= 4 is 0 Å². The van der Waals surface area contributed by atoms with Crippen LogP contribution in [0.25, 0.3) is 0 Å². The second kappa shape index (κ2) is 12.3. The van der Waals surface area contributed by atoms with E-state index in [9.17, 15) is 40.9 Å². The minimum absolute atomic E-state index is 0.660. The molecule has 0 aromatic heterocycles. The van der Waals surface area contributed by atoms with E-state index in [2.05, 4.69) is 0 Å². The van der Waals surface area contributed by atoms with Gasteiger partial charge in [0, 0.05) is 0 Å². The summed E-state index contributed by atoms with van der Waals surface area (Å²) in [5, 5.41) is 82.5. The maximum Gasteiger partial charge on any atom is 0.177 e. The van der Waals surface area contributed by atoms with E-state index in [-0.39, 0.29) is 0 Å². The lowest BCUT2D eigenvalue weighted by Gasteiger charge is -2.54. The predicted octanol–water partition coefficient (Wildman–Crippen LogP) is -6.34. The van der Waals surface area contributed by atoms with Gasteiger partial charge in [0.1, 0.15) is 53.9 Å². The Morgan fingerprint density at radius 1 is 0.816 bits per heavy atom. The van der Waals surface area contributed by atoms with Crippen LogP contribution in [0.5, 0.6) is 0 Å². The molecule has 3 aliphatic rings. The largest absolute Gasteiger partial charge is 0.394 e. The Labute approximate surface area is 219 Å². The molecule has 0 aliphatic carbocycles. The van der Waals surface area contributed by atoms with E-state index in [1.165, 1.54) is 19.1 Å². The third kappa shape index (κ3) is 5.51. The molecule has 222 valence electrons. The van der Waals surface area contributed by atoms with Crippen LogP contribution in [0.4, 0.5) is 0 Å². The number of allylic oxidation sites excluding steroid dienone is 1. The minimum atomic E-state index is -2.03. The van der Waals surface area contributed by atoms with Crippen LogP contribution in [-0.2, 0) is 23.7 Å². The Kier molecular flexibility index (Phi) is 10.2. The molecular formula is C22H41N3O13. The number of aliphatic hydroxyl groups excluding tert-OH is 7. The number of aliphatic hydroxyl groups is 8. The Hall–Kier alpha value is -0.900. The van der Waals surface area contributed by atoms with Gasteiger partial charge in [-0.15, -0.1) is 0 Å². The van der Waals surface area contributed by atoms with Gasteiger partial charge in [0.05, 0.1) is 37.9 Å². The lowest BCUT2D eigenvalue weighted by molar-refractivity contribution is -0.366. The third-order valence-corrected chi connectivity index (χ3v) is 7.51. The maximum atomic E-state index is 11.0. The van der Waals surface area contributed by atoms with Gasteiger partial charge in [-0.25, -0.2) is 0 Å². The van der Waals surface area contributed by atoms with Crippen molar-refractivity contribution in [3.63, 3.8) is 0 Å². The summed E-state index contributed by atoms with van der Waals surface area (Å²) in [6.45, 7) is 0.710. The molecule has 0 spiro atoms. The summed E-state index contributed by atoms with van der Waals surface area (Å²) in [5.74, 6) is 0. The molecule has 2 unspecified atom stereocenters. The molecule has 3 heterocycles. The highest BCUT2D eigenvalue weighted by atomic mass is 16.7. The van der Waals surface area contributed by atoms with Gasteiger partial charge in [-0.2, -0.15) is 0 Å². The first-order valence-corrected chi connectivity index (χ1v) is 12.3.